The van der Waals surface area contributed by atoms with Crippen LogP contribution in [-0.4, -0.2) is 42.6 Å². The lowest BCUT2D eigenvalue weighted by atomic mass is 9.55. The Hall–Kier alpha value is -0.610. The van der Waals surface area contributed by atoms with Crippen LogP contribution in [0.15, 0.2) is 0 Å². The highest BCUT2D eigenvalue weighted by Crippen LogP contribution is 2.53. The molecule has 4 atom stereocenters. The van der Waals surface area contributed by atoms with E-state index >= 15 is 0 Å². The number of carbonyl (C=O) groups is 1. The maximum Gasteiger partial charge on any atom is 0.225 e. The molecule has 0 saturated heterocycles. The molecule has 2 rings (SSSR count). The number of amides is 1. The highest BCUT2D eigenvalue weighted by Gasteiger charge is 2.60. The Morgan fingerprint density at radius 3 is 2.37 bits per heavy atom. The monoisotopic (exact) mass is 268 g/mol. The number of hydrogen-bond donors (Lipinski definition) is 1. The summed E-state index contributed by atoms with van der Waals surface area (Å²) in [6, 6.07) is 0.475. The van der Waals surface area contributed by atoms with Gasteiger partial charge in [-0.25, -0.2) is 0 Å². The molecular formula is C15H28N2O2. The second-order valence-corrected chi connectivity index (χ2v) is 7.10. The van der Waals surface area contributed by atoms with E-state index in [4.69, 9.17) is 10.5 Å². The molecule has 0 aromatic rings. The maximum absolute atomic E-state index is 12.5. The van der Waals surface area contributed by atoms with Crippen molar-refractivity contribution in [1.29, 1.82) is 0 Å². The smallest absolute Gasteiger partial charge is 0.225 e. The van der Waals surface area contributed by atoms with Crippen molar-refractivity contribution in [2.24, 2.45) is 17.1 Å². The first-order chi connectivity index (χ1) is 8.73. The summed E-state index contributed by atoms with van der Waals surface area (Å²) in [7, 11) is 3.70. The molecule has 2 aliphatic rings. The van der Waals surface area contributed by atoms with Gasteiger partial charge in [-0.3, -0.25) is 4.79 Å². The summed E-state index contributed by atoms with van der Waals surface area (Å²) in [4.78, 5) is 14.5. The zero-order valence-corrected chi connectivity index (χ0v) is 12.9. The second kappa shape index (κ2) is 4.74. The van der Waals surface area contributed by atoms with Gasteiger partial charge < -0.3 is 15.4 Å². The first kappa shape index (κ1) is 14.8. The lowest BCUT2D eigenvalue weighted by Gasteiger charge is -2.61. The highest BCUT2D eigenvalue weighted by atomic mass is 16.5. The van der Waals surface area contributed by atoms with Crippen molar-refractivity contribution in [1.82, 2.24) is 4.90 Å². The molecule has 19 heavy (non-hydrogen) atoms. The van der Waals surface area contributed by atoms with Crippen LogP contribution in [0.5, 0.6) is 0 Å². The summed E-state index contributed by atoms with van der Waals surface area (Å²) in [5, 5.41) is 0. The zero-order valence-electron chi connectivity index (χ0n) is 12.9. The van der Waals surface area contributed by atoms with Gasteiger partial charge in [0.25, 0.3) is 0 Å². The van der Waals surface area contributed by atoms with Crippen molar-refractivity contribution in [3.8, 4) is 0 Å². The van der Waals surface area contributed by atoms with Gasteiger partial charge in [0.2, 0.25) is 5.91 Å². The standard InChI is InChI=1S/C15H28N2O2/c1-14(2)12(9-15(14,3)19-5)17(4)13(18)10-6-7-11(16)8-10/h10-12H,6-9,16H2,1-5H3/t10-,11-,12-,15+/m0/s1. The fraction of sp³-hybridized carbons (Fsp3) is 0.933. The molecule has 0 radical (unpaired) electrons. The first-order valence-corrected chi connectivity index (χ1v) is 7.30. The van der Waals surface area contributed by atoms with Crippen LogP contribution < -0.4 is 5.73 Å². The van der Waals surface area contributed by atoms with Crippen molar-refractivity contribution in [2.75, 3.05) is 14.2 Å². The predicted octanol–water partition coefficient (Wildman–Crippen LogP) is 1.78. The van der Waals surface area contributed by atoms with Crippen LogP contribution in [-0.2, 0) is 9.53 Å². The molecule has 1 amide bonds. The Balaban J connectivity index is 2.02. The van der Waals surface area contributed by atoms with E-state index in [2.05, 4.69) is 20.8 Å². The second-order valence-electron chi connectivity index (χ2n) is 7.10. The Bertz CT molecular complexity index is 369. The minimum Gasteiger partial charge on any atom is -0.378 e. The normalized spacial score (nSPS) is 40.8. The van der Waals surface area contributed by atoms with Gasteiger partial charge in [-0.1, -0.05) is 13.8 Å². The van der Waals surface area contributed by atoms with E-state index in [1.807, 2.05) is 11.9 Å². The molecule has 2 saturated carbocycles. The van der Waals surface area contributed by atoms with Crippen molar-refractivity contribution in [2.45, 2.75) is 64.1 Å². The quantitative estimate of drug-likeness (QED) is 0.849. The molecule has 0 aromatic heterocycles. The summed E-state index contributed by atoms with van der Waals surface area (Å²) in [6.07, 6.45) is 3.68. The van der Waals surface area contributed by atoms with Crippen LogP contribution in [0.25, 0.3) is 0 Å². The molecule has 2 aliphatic carbocycles. The van der Waals surface area contributed by atoms with Crippen molar-refractivity contribution in [3.05, 3.63) is 0 Å². The fourth-order valence-electron chi connectivity index (χ4n) is 3.76. The van der Waals surface area contributed by atoms with Gasteiger partial charge in [-0.2, -0.15) is 0 Å². The molecule has 0 bridgehead atoms. The van der Waals surface area contributed by atoms with Crippen molar-refractivity contribution >= 4 is 5.91 Å². The molecule has 2 fully saturated rings. The number of nitrogens with two attached hydrogens (primary N) is 1. The molecule has 0 aliphatic heterocycles. The molecule has 2 N–H and O–H groups in total. The van der Waals surface area contributed by atoms with Crippen molar-refractivity contribution < 1.29 is 9.53 Å². The van der Waals surface area contributed by atoms with Crippen LogP contribution in [0.1, 0.15) is 46.5 Å². The Morgan fingerprint density at radius 1 is 1.32 bits per heavy atom. The summed E-state index contributed by atoms with van der Waals surface area (Å²) in [6.45, 7) is 6.51. The summed E-state index contributed by atoms with van der Waals surface area (Å²) in [5.74, 6) is 0.398. The van der Waals surface area contributed by atoms with Crippen LogP contribution in [0.4, 0.5) is 0 Å². The predicted molar refractivity (Wildman–Crippen MR) is 75.7 cm³/mol. The van der Waals surface area contributed by atoms with E-state index in [1.165, 1.54) is 0 Å². The van der Waals surface area contributed by atoms with Crippen LogP contribution in [0.3, 0.4) is 0 Å². The maximum atomic E-state index is 12.5. The molecule has 4 heteroatoms. The summed E-state index contributed by atoms with van der Waals surface area (Å²) < 4.78 is 5.63. The molecule has 0 spiro atoms. The van der Waals surface area contributed by atoms with E-state index in [0.29, 0.717) is 0 Å². The number of rotatable bonds is 3. The van der Waals surface area contributed by atoms with E-state index in [-0.39, 0.29) is 34.9 Å². The van der Waals surface area contributed by atoms with Crippen molar-refractivity contribution in [3.63, 3.8) is 0 Å². The Morgan fingerprint density at radius 2 is 1.95 bits per heavy atom. The first-order valence-electron chi connectivity index (χ1n) is 7.30. The molecule has 0 aromatic carbocycles. The van der Waals surface area contributed by atoms with E-state index in [0.717, 1.165) is 25.7 Å². The lowest BCUT2D eigenvalue weighted by molar-refractivity contribution is -0.208. The minimum atomic E-state index is -0.127. The Labute approximate surface area is 116 Å². The third kappa shape index (κ3) is 2.19. The van der Waals surface area contributed by atoms with Crippen LogP contribution >= 0.6 is 0 Å². The SMILES string of the molecule is CO[C@]1(C)C[C@H](N(C)C(=O)[C@H]2CC[C@H](N)C2)C1(C)C. The van der Waals surface area contributed by atoms with E-state index in [1.54, 1.807) is 7.11 Å². The highest BCUT2D eigenvalue weighted by molar-refractivity contribution is 5.79. The molecule has 4 nitrogen and oxygen atoms in total. The molecule has 110 valence electrons. The summed E-state index contributed by atoms with van der Waals surface area (Å²) >= 11 is 0. The van der Waals surface area contributed by atoms with Gasteiger partial charge in [0.15, 0.2) is 0 Å². The van der Waals surface area contributed by atoms with E-state index < -0.39 is 0 Å². The third-order valence-electron chi connectivity index (χ3n) is 5.87. The van der Waals surface area contributed by atoms with Gasteiger partial charge in [-0.05, 0) is 32.6 Å². The third-order valence-corrected chi connectivity index (χ3v) is 5.87. The van der Waals surface area contributed by atoms with E-state index in [9.17, 15) is 4.79 Å². The van der Waals surface area contributed by atoms with Gasteiger partial charge in [0, 0.05) is 37.6 Å². The molecular weight excluding hydrogens is 240 g/mol. The largest absolute Gasteiger partial charge is 0.378 e. The zero-order chi connectivity index (χ0) is 14.4. The number of ether oxygens (including phenoxy) is 1. The van der Waals surface area contributed by atoms with Gasteiger partial charge in [0.1, 0.15) is 0 Å². The number of carbonyl (C=O) groups excluding carboxylic acids is 1. The van der Waals surface area contributed by atoms with Gasteiger partial charge in [-0.15, -0.1) is 0 Å². The van der Waals surface area contributed by atoms with Crippen LogP contribution in [0.2, 0.25) is 0 Å². The minimum absolute atomic E-state index is 0.00706. The number of hydrogen-bond acceptors (Lipinski definition) is 3. The fourth-order valence-corrected chi connectivity index (χ4v) is 3.76. The number of methoxy groups -OCH3 is 1. The summed E-state index contributed by atoms with van der Waals surface area (Å²) in [5.41, 5.74) is 5.78. The average Bonchev–Trinajstić information content (AvgIpc) is 2.80. The van der Waals surface area contributed by atoms with Gasteiger partial charge in [0.05, 0.1) is 5.60 Å². The van der Waals surface area contributed by atoms with Gasteiger partial charge >= 0.3 is 0 Å². The average molecular weight is 268 g/mol. The van der Waals surface area contributed by atoms with Crippen LogP contribution in [0, 0.1) is 11.3 Å². The topological polar surface area (TPSA) is 55.6 Å². The Kier molecular flexibility index (Phi) is 3.69. The molecule has 0 unspecified atom stereocenters. The lowest BCUT2D eigenvalue weighted by Crippen LogP contribution is -2.69. The number of nitrogens with zero attached hydrogens (tertiary/aromatic N) is 1. The molecule has 0 heterocycles.